The lowest BCUT2D eigenvalue weighted by Crippen LogP contribution is -2.08. The number of pyridine rings is 1. The first kappa shape index (κ1) is 11.3. The van der Waals surface area contributed by atoms with E-state index in [2.05, 4.69) is 27.6 Å². The van der Waals surface area contributed by atoms with Crippen molar-refractivity contribution in [1.82, 2.24) is 4.98 Å². The fourth-order valence-corrected chi connectivity index (χ4v) is 1.62. The van der Waals surface area contributed by atoms with Gasteiger partial charge < -0.3 is 4.74 Å². The van der Waals surface area contributed by atoms with Crippen LogP contribution in [0, 0.1) is 0 Å². The summed E-state index contributed by atoms with van der Waals surface area (Å²) >= 11 is 2.16. The van der Waals surface area contributed by atoms with E-state index in [4.69, 9.17) is 4.74 Å². The average Bonchev–Trinajstić information content (AvgIpc) is 2.35. The molecule has 0 spiro atoms. The minimum absolute atomic E-state index is 0.359. The molecule has 0 aliphatic carbocycles. The van der Waals surface area contributed by atoms with Crippen LogP contribution in [0.2, 0.25) is 0 Å². The van der Waals surface area contributed by atoms with Gasteiger partial charge in [-0.05, 0) is 11.5 Å². The first-order valence-electron chi connectivity index (χ1n) is 4.89. The van der Waals surface area contributed by atoms with Gasteiger partial charge in [-0.1, -0.05) is 46.9 Å². The van der Waals surface area contributed by atoms with Crippen LogP contribution in [0.25, 0.3) is 10.8 Å². The molecule has 0 unspecified atom stereocenters. The molecule has 0 aliphatic heterocycles. The zero-order valence-corrected chi connectivity index (χ0v) is 10.7. The number of carbonyl (C=O) groups is 1. The van der Waals surface area contributed by atoms with E-state index >= 15 is 0 Å². The second-order valence-electron chi connectivity index (χ2n) is 3.24. The van der Waals surface area contributed by atoms with Crippen LogP contribution in [0.3, 0.4) is 0 Å². The number of esters is 1. The molecule has 16 heavy (non-hydrogen) atoms. The summed E-state index contributed by atoms with van der Waals surface area (Å²) in [5.74, 6) is -0.359. The predicted octanol–water partition coefficient (Wildman–Crippen LogP) is 2.83. The molecule has 0 atom stereocenters. The summed E-state index contributed by atoms with van der Waals surface area (Å²) in [5, 5.41) is 2.02. The van der Waals surface area contributed by atoms with E-state index < -0.39 is 0 Å². The van der Waals surface area contributed by atoms with Gasteiger partial charge in [0.15, 0.2) is 0 Å². The van der Waals surface area contributed by atoms with Crippen LogP contribution in [0.4, 0.5) is 0 Å². The summed E-state index contributed by atoms with van der Waals surface area (Å²) in [6.07, 6.45) is 1.69. The van der Waals surface area contributed by atoms with E-state index in [0.717, 1.165) is 15.2 Å². The fraction of sp³-hybridized carbons (Fsp3) is 0.167. The summed E-state index contributed by atoms with van der Waals surface area (Å²) in [5.41, 5.74) is 0.364. The third-order valence-electron chi connectivity index (χ3n) is 2.15. The summed E-state index contributed by atoms with van der Waals surface area (Å²) in [4.78, 5) is 15.6. The molecule has 0 N–H and O–H groups in total. The van der Waals surface area contributed by atoms with Crippen LogP contribution in [0.5, 0.6) is 0 Å². The molecular weight excluding hydrogens is 317 g/mol. The molecular formula is C12H10INO2. The van der Waals surface area contributed by atoms with Gasteiger partial charge >= 0.3 is 5.97 Å². The van der Waals surface area contributed by atoms with Crippen LogP contribution in [-0.4, -0.2) is 22.0 Å². The maximum absolute atomic E-state index is 11.6. The number of nitrogens with zero attached hydrogens (tertiary/aromatic N) is 1. The zero-order chi connectivity index (χ0) is 11.4. The van der Waals surface area contributed by atoms with E-state index in [1.54, 1.807) is 12.3 Å². The summed E-state index contributed by atoms with van der Waals surface area (Å²) in [6.45, 7) is 0.425. The molecule has 4 heteroatoms. The summed E-state index contributed by atoms with van der Waals surface area (Å²) < 4.78 is 5.81. The van der Waals surface area contributed by atoms with Crippen molar-refractivity contribution in [2.24, 2.45) is 0 Å². The highest BCUT2D eigenvalue weighted by atomic mass is 127. The highest BCUT2D eigenvalue weighted by molar-refractivity contribution is 14.1. The van der Waals surface area contributed by atoms with E-state index in [0.29, 0.717) is 12.3 Å². The van der Waals surface area contributed by atoms with Gasteiger partial charge in [-0.25, -0.2) is 9.78 Å². The van der Waals surface area contributed by atoms with Crippen molar-refractivity contribution in [2.45, 2.75) is 0 Å². The Morgan fingerprint density at radius 1 is 1.31 bits per heavy atom. The normalized spacial score (nSPS) is 10.3. The van der Waals surface area contributed by atoms with Gasteiger partial charge in [0, 0.05) is 16.0 Å². The molecule has 1 aromatic carbocycles. The number of fused-ring (bicyclic) bond motifs is 1. The second kappa shape index (κ2) is 5.25. The Balaban J connectivity index is 2.28. The molecule has 1 heterocycles. The van der Waals surface area contributed by atoms with Crippen molar-refractivity contribution in [3.05, 3.63) is 42.2 Å². The molecule has 0 saturated carbocycles. The topological polar surface area (TPSA) is 39.2 Å². The van der Waals surface area contributed by atoms with Crippen molar-refractivity contribution in [3.8, 4) is 0 Å². The van der Waals surface area contributed by atoms with Gasteiger partial charge in [-0.15, -0.1) is 0 Å². The van der Waals surface area contributed by atoms with Crippen LogP contribution in [0.1, 0.15) is 10.5 Å². The van der Waals surface area contributed by atoms with Crippen LogP contribution in [-0.2, 0) is 4.74 Å². The standard InChI is InChI=1S/C12H10INO2/c13-5-6-16-12(15)11-7-9-3-1-2-4-10(9)8-14-11/h1-4,7-8H,5-6H2. The quantitative estimate of drug-likeness (QED) is 0.494. The summed E-state index contributed by atoms with van der Waals surface area (Å²) in [6, 6.07) is 9.54. The first-order chi connectivity index (χ1) is 7.81. The van der Waals surface area contributed by atoms with Crippen LogP contribution >= 0.6 is 22.6 Å². The Morgan fingerprint density at radius 2 is 2.06 bits per heavy atom. The van der Waals surface area contributed by atoms with Crippen molar-refractivity contribution in [1.29, 1.82) is 0 Å². The molecule has 82 valence electrons. The van der Waals surface area contributed by atoms with E-state index in [-0.39, 0.29) is 5.97 Å². The highest BCUT2D eigenvalue weighted by Crippen LogP contribution is 2.13. The number of alkyl halides is 1. The van der Waals surface area contributed by atoms with Gasteiger partial charge in [0.05, 0.1) is 0 Å². The highest BCUT2D eigenvalue weighted by Gasteiger charge is 2.08. The van der Waals surface area contributed by atoms with E-state index in [1.165, 1.54) is 0 Å². The molecule has 1 aromatic heterocycles. The SMILES string of the molecule is O=C(OCCI)c1cc2ccccc2cn1. The molecule has 3 nitrogen and oxygen atoms in total. The van der Waals surface area contributed by atoms with Gasteiger partial charge in [0.1, 0.15) is 12.3 Å². The predicted molar refractivity (Wildman–Crippen MR) is 70.9 cm³/mol. The molecule has 0 amide bonds. The number of rotatable bonds is 3. The molecule has 2 rings (SSSR count). The molecule has 0 aliphatic rings. The fourth-order valence-electron chi connectivity index (χ4n) is 1.40. The molecule has 0 fully saturated rings. The number of aromatic nitrogens is 1. The van der Waals surface area contributed by atoms with Gasteiger partial charge in [0.2, 0.25) is 0 Å². The molecule has 0 saturated heterocycles. The van der Waals surface area contributed by atoms with E-state index in [1.807, 2.05) is 24.3 Å². The minimum atomic E-state index is -0.359. The Hall–Kier alpha value is -1.17. The second-order valence-corrected chi connectivity index (χ2v) is 4.32. The molecule has 0 bridgehead atoms. The monoisotopic (exact) mass is 327 g/mol. The lowest BCUT2D eigenvalue weighted by atomic mass is 10.1. The lowest BCUT2D eigenvalue weighted by molar-refractivity contribution is 0.0526. The van der Waals surface area contributed by atoms with Crippen molar-refractivity contribution in [3.63, 3.8) is 0 Å². The van der Waals surface area contributed by atoms with Crippen molar-refractivity contribution in [2.75, 3.05) is 11.0 Å². The summed E-state index contributed by atoms with van der Waals surface area (Å²) in [7, 11) is 0. The third-order valence-corrected chi connectivity index (χ3v) is 2.59. The smallest absolute Gasteiger partial charge is 0.356 e. The maximum Gasteiger partial charge on any atom is 0.356 e. The van der Waals surface area contributed by atoms with Crippen molar-refractivity contribution >= 4 is 39.3 Å². The number of carbonyl (C=O) groups excluding carboxylic acids is 1. The molecule has 0 radical (unpaired) electrons. The number of hydrogen-bond donors (Lipinski definition) is 0. The first-order valence-corrected chi connectivity index (χ1v) is 6.41. The van der Waals surface area contributed by atoms with Gasteiger partial charge in [0.25, 0.3) is 0 Å². The van der Waals surface area contributed by atoms with Gasteiger partial charge in [-0.2, -0.15) is 0 Å². The van der Waals surface area contributed by atoms with E-state index in [9.17, 15) is 4.79 Å². The Bertz CT molecular complexity index is 513. The number of ether oxygens (including phenoxy) is 1. The Kier molecular flexibility index (Phi) is 3.71. The largest absolute Gasteiger partial charge is 0.460 e. The minimum Gasteiger partial charge on any atom is -0.460 e. The number of hydrogen-bond acceptors (Lipinski definition) is 3. The zero-order valence-electron chi connectivity index (χ0n) is 8.52. The van der Waals surface area contributed by atoms with Gasteiger partial charge in [-0.3, -0.25) is 0 Å². The van der Waals surface area contributed by atoms with Crippen LogP contribution in [0.15, 0.2) is 36.5 Å². The lowest BCUT2D eigenvalue weighted by Gasteiger charge is -2.03. The maximum atomic E-state index is 11.6. The van der Waals surface area contributed by atoms with Crippen molar-refractivity contribution < 1.29 is 9.53 Å². The van der Waals surface area contributed by atoms with Crippen LogP contribution < -0.4 is 0 Å². The third kappa shape index (κ3) is 2.49. The average molecular weight is 327 g/mol. The number of halogens is 1. The Morgan fingerprint density at radius 3 is 2.81 bits per heavy atom. The number of benzene rings is 1. The molecule has 2 aromatic rings. The Labute approximate surface area is 107 Å².